The number of rotatable bonds is 11. The van der Waals surface area contributed by atoms with E-state index in [2.05, 4.69) is 10.6 Å². The molecule has 4 rings (SSSR count). The van der Waals surface area contributed by atoms with Crippen molar-refractivity contribution in [2.24, 2.45) is 11.7 Å². The van der Waals surface area contributed by atoms with Crippen molar-refractivity contribution in [3.63, 3.8) is 0 Å². The Morgan fingerprint density at radius 3 is 2.70 bits per heavy atom. The summed E-state index contributed by atoms with van der Waals surface area (Å²) in [6, 6.07) is 6.97. The highest BCUT2D eigenvalue weighted by Gasteiger charge is 2.40. The van der Waals surface area contributed by atoms with Gasteiger partial charge in [0.15, 0.2) is 0 Å². The third-order valence-electron chi connectivity index (χ3n) is 7.38. The molecule has 3 aliphatic rings. The van der Waals surface area contributed by atoms with Crippen LogP contribution in [0.4, 0.5) is 0 Å². The van der Waals surface area contributed by atoms with Crippen LogP contribution in [-0.4, -0.2) is 66.1 Å². The van der Waals surface area contributed by atoms with Crippen molar-refractivity contribution in [1.29, 1.82) is 5.41 Å². The highest BCUT2D eigenvalue weighted by atomic mass is 35.5. The lowest BCUT2D eigenvalue weighted by molar-refractivity contribution is -0.138. The van der Waals surface area contributed by atoms with Gasteiger partial charge in [0.25, 0.3) is 0 Å². The van der Waals surface area contributed by atoms with Crippen LogP contribution >= 0.6 is 23.4 Å². The van der Waals surface area contributed by atoms with E-state index < -0.39 is 6.04 Å². The number of ether oxygens (including phenoxy) is 1. The summed E-state index contributed by atoms with van der Waals surface area (Å²) in [6.07, 6.45) is 7.69. The fraction of sp³-hybridized carbons (Fsp3) is 0.593. The van der Waals surface area contributed by atoms with Crippen molar-refractivity contribution in [3.8, 4) is 0 Å². The van der Waals surface area contributed by atoms with E-state index in [1.54, 1.807) is 4.90 Å². The third-order valence-corrected chi connectivity index (χ3v) is 8.96. The number of carbonyl (C=O) groups is 2. The Morgan fingerprint density at radius 1 is 1.24 bits per heavy atom. The number of amides is 2. The van der Waals surface area contributed by atoms with Crippen molar-refractivity contribution < 1.29 is 14.3 Å². The maximum absolute atomic E-state index is 13.3. The lowest BCUT2D eigenvalue weighted by Crippen LogP contribution is -2.47. The number of carbonyl (C=O) groups excluding carboxylic acids is 2. The molecule has 202 valence electrons. The van der Waals surface area contributed by atoms with Crippen LogP contribution in [0.25, 0.3) is 0 Å². The minimum Gasteiger partial charge on any atom is -0.383 e. The Labute approximate surface area is 228 Å². The number of nitrogens with two attached hydrogens (primary N) is 1. The largest absolute Gasteiger partial charge is 0.383 e. The molecule has 0 spiro atoms. The van der Waals surface area contributed by atoms with E-state index in [0.717, 1.165) is 42.8 Å². The third kappa shape index (κ3) is 8.21. The summed E-state index contributed by atoms with van der Waals surface area (Å²) in [4.78, 5) is 29.0. The number of amidine groups is 1. The number of nitrogens with zero attached hydrogens (tertiary/aromatic N) is 1. The average molecular weight is 548 g/mol. The van der Waals surface area contributed by atoms with Crippen molar-refractivity contribution in [2.75, 3.05) is 26.2 Å². The monoisotopic (exact) mass is 547 g/mol. The standard InChI is InChI=1S/C27H38ClN5O3S/c28-20-6-4-19(5-7-20)17-36-21-14-23(27(35)32-15-22-8-9-24(37-22)26(29)30)33(16-21)25(34)3-1-2-18-10-12-31-13-11-18/h4-7,9,18,21-23,31H,1-3,8,10-17H2,(H3,29,30)(H,32,35)/t21-,22?,23+/m1/s1. The number of thioether (sulfide) groups is 1. The van der Waals surface area contributed by atoms with E-state index >= 15 is 0 Å². The first kappa shape index (κ1) is 28.0. The van der Waals surface area contributed by atoms with E-state index in [0.29, 0.717) is 43.5 Å². The summed E-state index contributed by atoms with van der Waals surface area (Å²) >= 11 is 7.50. The molecule has 0 aromatic heterocycles. The summed E-state index contributed by atoms with van der Waals surface area (Å²) in [5, 5.41) is 14.9. The van der Waals surface area contributed by atoms with Gasteiger partial charge >= 0.3 is 0 Å². The van der Waals surface area contributed by atoms with E-state index in [-0.39, 0.29) is 29.0 Å². The molecule has 37 heavy (non-hydrogen) atoms. The molecular formula is C27H38ClN5O3S. The molecule has 3 heterocycles. The summed E-state index contributed by atoms with van der Waals surface area (Å²) in [5.41, 5.74) is 6.59. The van der Waals surface area contributed by atoms with Gasteiger partial charge in [-0.2, -0.15) is 0 Å². The predicted molar refractivity (Wildman–Crippen MR) is 149 cm³/mol. The van der Waals surface area contributed by atoms with Crippen LogP contribution in [0.2, 0.25) is 5.02 Å². The molecule has 0 aliphatic carbocycles. The number of benzene rings is 1. The number of piperidine rings is 1. The quantitative estimate of drug-likeness (QED) is 0.249. The van der Waals surface area contributed by atoms with Gasteiger partial charge in [0.05, 0.1) is 12.7 Å². The molecule has 1 aromatic rings. The zero-order chi connectivity index (χ0) is 26.2. The van der Waals surface area contributed by atoms with E-state index in [1.807, 2.05) is 30.3 Å². The Hall–Kier alpha value is -2.07. The van der Waals surface area contributed by atoms with Crippen LogP contribution in [-0.2, 0) is 20.9 Å². The van der Waals surface area contributed by atoms with Crippen LogP contribution in [0, 0.1) is 11.3 Å². The fourth-order valence-corrected chi connectivity index (χ4v) is 6.40. The Bertz CT molecular complexity index is 983. The van der Waals surface area contributed by atoms with Crippen LogP contribution in [0.3, 0.4) is 0 Å². The normalized spacial score (nSPS) is 24.2. The minimum absolute atomic E-state index is 0.0300. The maximum atomic E-state index is 13.3. The number of allylic oxidation sites excluding steroid dienone is 1. The van der Waals surface area contributed by atoms with Gasteiger partial charge in [-0.15, -0.1) is 11.8 Å². The number of nitrogens with one attached hydrogen (secondary N) is 3. The topological polar surface area (TPSA) is 121 Å². The predicted octanol–water partition coefficient (Wildman–Crippen LogP) is 3.44. The molecule has 1 unspecified atom stereocenters. The van der Waals surface area contributed by atoms with Gasteiger partial charge in [-0.1, -0.05) is 29.8 Å². The van der Waals surface area contributed by atoms with Gasteiger partial charge in [0, 0.05) is 41.1 Å². The maximum Gasteiger partial charge on any atom is 0.242 e. The van der Waals surface area contributed by atoms with E-state index in [1.165, 1.54) is 24.6 Å². The molecule has 3 atom stereocenters. The summed E-state index contributed by atoms with van der Waals surface area (Å²) < 4.78 is 6.13. The van der Waals surface area contributed by atoms with Crippen LogP contribution in [0.5, 0.6) is 0 Å². The number of hydrogen-bond acceptors (Lipinski definition) is 6. The summed E-state index contributed by atoms with van der Waals surface area (Å²) in [7, 11) is 0. The van der Waals surface area contributed by atoms with Gasteiger partial charge in [-0.05, 0) is 68.8 Å². The molecule has 3 aliphatic heterocycles. The molecule has 2 saturated heterocycles. The Balaban J connectivity index is 1.31. The lowest BCUT2D eigenvalue weighted by atomic mass is 9.92. The second-order valence-corrected chi connectivity index (χ2v) is 11.9. The van der Waals surface area contributed by atoms with Gasteiger partial charge < -0.3 is 26.0 Å². The fourth-order valence-electron chi connectivity index (χ4n) is 5.24. The summed E-state index contributed by atoms with van der Waals surface area (Å²) in [6.45, 7) is 3.42. The van der Waals surface area contributed by atoms with Gasteiger partial charge in [-0.25, -0.2) is 0 Å². The molecular weight excluding hydrogens is 510 g/mol. The smallest absolute Gasteiger partial charge is 0.242 e. The molecule has 5 N–H and O–H groups in total. The Morgan fingerprint density at radius 2 is 2.00 bits per heavy atom. The van der Waals surface area contributed by atoms with E-state index in [4.69, 9.17) is 27.5 Å². The molecule has 0 radical (unpaired) electrons. The van der Waals surface area contributed by atoms with Crippen molar-refractivity contribution in [1.82, 2.24) is 15.5 Å². The van der Waals surface area contributed by atoms with Crippen molar-refractivity contribution in [2.45, 2.75) is 68.9 Å². The van der Waals surface area contributed by atoms with Gasteiger partial charge in [-0.3, -0.25) is 15.0 Å². The first-order chi connectivity index (χ1) is 17.9. The van der Waals surface area contributed by atoms with Crippen molar-refractivity contribution in [3.05, 3.63) is 45.8 Å². The van der Waals surface area contributed by atoms with Crippen LogP contribution < -0.4 is 16.4 Å². The second-order valence-electron chi connectivity index (χ2n) is 10.1. The molecule has 10 heteroatoms. The summed E-state index contributed by atoms with van der Waals surface area (Å²) in [5.74, 6) is 0.639. The minimum atomic E-state index is -0.534. The Kier molecular flexibility index (Phi) is 10.3. The number of hydrogen-bond donors (Lipinski definition) is 4. The zero-order valence-corrected chi connectivity index (χ0v) is 22.8. The molecule has 0 bridgehead atoms. The van der Waals surface area contributed by atoms with E-state index in [9.17, 15) is 9.59 Å². The number of halogens is 1. The van der Waals surface area contributed by atoms with Crippen molar-refractivity contribution >= 4 is 41.0 Å². The molecule has 2 fully saturated rings. The highest BCUT2D eigenvalue weighted by molar-refractivity contribution is 8.04. The molecule has 8 nitrogen and oxygen atoms in total. The molecule has 1 aromatic carbocycles. The zero-order valence-electron chi connectivity index (χ0n) is 21.2. The van der Waals surface area contributed by atoms with Crippen LogP contribution in [0.15, 0.2) is 35.2 Å². The first-order valence-corrected chi connectivity index (χ1v) is 14.5. The lowest BCUT2D eigenvalue weighted by Gasteiger charge is -2.25. The first-order valence-electron chi connectivity index (χ1n) is 13.2. The average Bonchev–Trinajstić information content (AvgIpc) is 3.55. The number of likely N-dealkylation sites (tertiary alicyclic amines) is 1. The molecule has 2 amide bonds. The SMILES string of the molecule is N=C(N)C1=CCC(CNC(=O)[C@@H]2C[C@@H](OCc3ccc(Cl)cc3)CN2C(=O)CCCC2CCNCC2)S1. The molecule has 0 saturated carbocycles. The van der Waals surface area contributed by atoms with Gasteiger partial charge in [0.1, 0.15) is 11.9 Å². The van der Waals surface area contributed by atoms with Gasteiger partial charge in [0.2, 0.25) is 11.8 Å². The highest BCUT2D eigenvalue weighted by Crippen LogP contribution is 2.32. The van der Waals surface area contributed by atoms with Crippen LogP contribution in [0.1, 0.15) is 50.5 Å². The second kappa shape index (κ2) is 13.6.